The van der Waals surface area contributed by atoms with E-state index < -0.39 is 0 Å². The number of anilines is 1. The Balaban J connectivity index is 1.53. The van der Waals surface area contributed by atoms with E-state index in [1.165, 1.54) is 11.3 Å². The molecular weight excluding hydrogens is 401 g/mol. The Morgan fingerprint density at radius 3 is 2.37 bits per heavy atom. The minimum Gasteiger partial charge on any atom is -0.301 e. The number of aromatic nitrogens is 1. The van der Waals surface area contributed by atoms with Gasteiger partial charge in [-0.05, 0) is 30.3 Å². The fourth-order valence-electron chi connectivity index (χ4n) is 2.65. The van der Waals surface area contributed by atoms with Crippen LogP contribution in [0.3, 0.4) is 0 Å². The van der Waals surface area contributed by atoms with Gasteiger partial charge in [-0.3, -0.25) is 9.69 Å². The molecule has 1 heterocycles. The third-order valence-corrected chi connectivity index (χ3v) is 5.58. The van der Waals surface area contributed by atoms with E-state index in [1.807, 2.05) is 60.5 Å². The molecule has 0 aliphatic rings. The van der Waals surface area contributed by atoms with Gasteiger partial charge in [-0.15, -0.1) is 11.3 Å². The molecule has 0 unspecified atom stereocenters. The van der Waals surface area contributed by atoms with Crippen LogP contribution in [0.25, 0.3) is 0 Å². The van der Waals surface area contributed by atoms with Crippen LogP contribution in [0.2, 0.25) is 10.0 Å². The van der Waals surface area contributed by atoms with Gasteiger partial charge in [0.25, 0.3) is 0 Å². The Hall–Kier alpha value is -1.92. The van der Waals surface area contributed by atoms with Gasteiger partial charge in [-0.25, -0.2) is 4.98 Å². The fourth-order valence-corrected chi connectivity index (χ4v) is 3.90. The predicted octanol–water partition coefficient (Wildman–Crippen LogP) is 5.11. The summed E-state index contributed by atoms with van der Waals surface area (Å²) >= 11 is 13.8. The molecule has 0 fully saturated rings. The molecular formula is C20H19Cl2N3OS. The van der Waals surface area contributed by atoms with Gasteiger partial charge in [0, 0.05) is 34.1 Å². The molecule has 0 radical (unpaired) electrons. The van der Waals surface area contributed by atoms with E-state index in [9.17, 15) is 4.79 Å². The summed E-state index contributed by atoms with van der Waals surface area (Å²) in [6.07, 6.45) is 2.47. The summed E-state index contributed by atoms with van der Waals surface area (Å²) in [5.41, 5.74) is 2.03. The molecule has 0 aliphatic carbocycles. The van der Waals surface area contributed by atoms with Gasteiger partial charge >= 0.3 is 0 Å². The average Bonchev–Trinajstić information content (AvgIpc) is 3.05. The molecule has 140 valence electrons. The highest BCUT2D eigenvalue weighted by Crippen LogP contribution is 2.24. The van der Waals surface area contributed by atoms with Crippen LogP contribution >= 0.6 is 34.5 Å². The van der Waals surface area contributed by atoms with Crippen molar-refractivity contribution in [2.24, 2.45) is 0 Å². The number of benzene rings is 2. The summed E-state index contributed by atoms with van der Waals surface area (Å²) in [4.78, 5) is 19.5. The van der Waals surface area contributed by atoms with Gasteiger partial charge in [-0.2, -0.15) is 0 Å². The first-order valence-corrected chi connectivity index (χ1v) is 9.98. The lowest BCUT2D eigenvalue weighted by Gasteiger charge is -2.16. The number of hydrogen-bond acceptors (Lipinski definition) is 4. The van der Waals surface area contributed by atoms with Gasteiger partial charge in [0.15, 0.2) is 5.13 Å². The summed E-state index contributed by atoms with van der Waals surface area (Å²) in [6.45, 7) is 0.855. The molecule has 0 aliphatic heterocycles. The molecule has 4 nitrogen and oxygen atoms in total. The fraction of sp³-hybridized carbons (Fsp3) is 0.200. The number of nitrogens with zero attached hydrogens (tertiary/aromatic N) is 2. The van der Waals surface area contributed by atoms with E-state index >= 15 is 0 Å². The largest absolute Gasteiger partial charge is 0.301 e. The van der Waals surface area contributed by atoms with E-state index in [1.54, 1.807) is 6.20 Å². The van der Waals surface area contributed by atoms with Crippen molar-refractivity contribution in [3.05, 3.63) is 80.8 Å². The maximum Gasteiger partial charge on any atom is 0.240 e. The van der Waals surface area contributed by atoms with Gasteiger partial charge < -0.3 is 5.32 Å². The number of amides is 1. The zero-order valence-electron chi connectivity index (χ0n) is 14.8. The van der Waals surface area contributed by atoms with E-state index in [2.05, 4.69) is 10.3 Å². The van der Waals surface area contributed by atoms with E-state index in [0.29, 0.717) is 23.1 Å². The molecule has 2 aromatic carbocycles. The van der Waals surface area contributed by atoms with Crippen LogP contribution in [0, 0.1) is 0 Å². The first-order chi connectivity index (χ1) is 13.0. The number of hydrogen-bond donors (Lipinski definition) is 1. The zero-order chi connectivity index (χ0) is 19.2. The third-order valence-electron chi connectivity index (χ3n) is 3.93. The van der Waals surface area contributed by atoms with Crippen molar-refractivity contribution in [1.82, 2.24) is 9.88 Å². The topological polar surface area (TPSA) is 45.2 Å². The van der Waals surface area contributed by atoms with Gasteiger partial charge in [-0.1, -0.05) is 59.6 Å². The van der Waals surface area contributed by atoms with Gasteiger partial charge in [0.2, 0.25) is 5.91 Å². The number of rotatable bonds is 7. The Morgan fingerprint density at radius 2 is 1.70 bits per heavy atom. The molecule has 1 N–H and O–H groups in total. The summed E-state index contributed by atoms with van der Waals surface area (Å²) in [6, 6.07) is 15.4. The highest BCUT2D eigenvalue weighted by Gasteiger charge is 2.12. The first kappa shape index (κ1) is 19.8. The number of nitrogens with one attached hydrogen (secondary N) is 1. The molecule has 0 saturated heterocycles. The summed E-state index contributed by atoms with van der Waals surface area (Å²) in [5.74, 6) is -0.108. The normalized spacial score (nSPS) is 11.0. The van der Waals surface area contributed by atoms with Crippen LogP contribution < -0.4 is 5.32 Å². The quantitative estimate of drug-likeness (QED) is 0.578. The first-order valence-electron chi connectivity index (χ1n) is 8.41. The molecule has 0 saturated carbocycles. The van der Waals surface area contributed by atoms with Crippen molar-refractivity contribution in [3.63, 3.8) is 0 Å². The summed E-state index contributed by atoms with van der Waals surface area (Å²) in [7, 11) is 1.88. The second-order valence-electron chi connectivity index (χ2n) is 6.21. The van der Waals surface area contributed by atoms with Crippen LogP contribution in [0.4, 0.5) is 5.13 Å². The van der Waals surface area contributed by atoms with Crippen molar-refractivity contribution in [2.75, 3.05) is 18.9 Å². The van der Waals surface area contributed by atoms with E-state index in [-0.39, 0.29) is 12.5 Å². The van der Waals surface area contributed by atoms with Crippen molar-refractivity contribution < 1.29 is 4.79 Å². The maximum atomic E-state index is 12.3. The molecule has 27 heavy (non-hydrogen) atoms. The number of likely N-dealkylation sites (N-methyl/N-ethyl adjacent to an activating group) is 1. The third kappa shape index (κ3) is 5.78. The molecule has 7 heteroatoms. The highest BCUT2D eigenvalue weighted by molar-refractivity contribution is 7.15. The maximum absolute atomic E-state index is 12.3. The SMILES string of the molecule is CN(CC(=O)Nc1ncc(Cc2ccccc2Cl)s1)Cc1ccccc1Cl. The highest BCUT2D eigenvalue weighted by atomic mass is 35.5. The monoisotopic (exact) mass is 419 g/mol. The Labute approximate surface area is 172 Å². The Kier molecular flexibility index (Phi) is 6.85. The molecule has 1 amide bonds. The Morgan fingerprint density at radius 1 is 1.07 bits per heavy atom. The number of carbonyl (C=O) groups is 1. The predicted molar refractivity (Wildman–Crippen MR) is 113 cm³/mol. The molecule has 0 spiro atoms. The lowest BCUT2D eigenvalue weighted by Crippen LogP contribution is -2.29. The van der Waals surface area contributed by atoms with Crippen LogP contribution in [0.15, 0.2) is 54.7 Å². The summed E-state index contributed by atoms with van der Waals surface area (Å²) in [5, 5.41) is 4.88. The molecule has 0 bridgehead atoms. The minimum atomic E-state index is -0.108. The molecule has 3 rings (SSSR count). The van der Waals surface area contributed by atoms with Gasteiger partial charge in [0.05, 0.1) is 6.54 Å². The van der Waals surface area contributed by atoms with Crippen LogP contribution in [-0.2, 0) is 17.8 Å². The average molecular weight is 420 g/mol. The minimum absolute atomic E-state index is 0.108. The molecule has 0 atom stereocenters. The van der Waals surface area contributed by atoms with Crippen molar-refractivity contribution in [2.45, 2.75) is 13.0 Å². The lowest BCUT2D eigenvalue weighted by atomic mass is 10.1. The van der Waals surface area contributed by atoms with E-state index in [0.717, 1.165) is 21.0 Å². The van der Waals surface area contributed by atoms with Crippen LogP contribution in [-0.4, -0.2) is 29.4 Å². The van der Waals surface area contributed by atoms with E-state index in [4.69, 9.17) is 23.2 Å². The van der Waals surface area contributed by atoms with Crippen LogP contribution in [0.1, 0.15) is 16.0 Å². The number of halogens is 2. The van der Waals surface area contributed by atoms with Crippen LogP contribution in [0.5, 0.6) is 0 Å². The van der Waals surface area contributed by atoms with Gasteiger partial charge in [0.1, 0.15) is 0 Å². The zero-order valence-corrected chi connectivity index (χ0v) is 17.1. The van der Waals surface area contributed by atoms with Crippen molar-refractivity contribution >= 4 is 45.6 Å². The molecule has 1 aromatic heterocycles. The van der Waals surface area contributed by atoms with Crippen molar-refractivity contribution in [1.29, 1.82) is 0 Å². The number of thiazole rings is 1. The standard InChI is InChI=1S/C20H19Cl2N3OS/c1-25(12-15-7-3-5-9-18(15)22)13-19(26)24-20-23-11-16(27-20)10-14-6-2-4-8-17(14)21/h2-9,11H,10,12-13H2,1H3,(H,23,24,26). The second kappa shape index (κ2) is 9.33. The number of carbonyl (C=O) groups excluding carboxylic acids is 1. The smallest absolute Gasteiger partial charge is 0.240 e. The second-order valence-corrected chi connectivity index (χ2v) is 8.14. The molecule has 3 aromatic rings. The Bertz CT molecular complexity index is 929. The summed E-state index contributed by atoms with van der Waals surface area (Å²) < 4.78 is 0. The lowest BCUT2D eigenvalue weighted by molar-refractivity contribution is -0.117. The van der Waals surface area contributed by atoms with Crippen molar-refractivity contribution in [3.8, 4) is 0 Å².